The smallest absolute Gasteiger partial charge is 0.228 e. The first-order valence-corrected chi connectivity index (χ1v) is 8.40. The number of carbonyl (C=O) groups excluding carboxylic acids is 2. The highest BCUT2D eigenvalue weighted by molar-refractivity contribution is 6.31. The van der Waals surface area contributed by atoms with Crippen LogP contribution >= 0.6 is 11.6 Å². The van der Waals surface area contributed by atoms with Crippen molar-refractivity contribution >= 4 is 34.8 Å². The first-order valence-electron chi connectivity index (χ1n) is 8.02. The van der Waals surface area contributed by atoms with Gasteiger partial charge in [-0.3, -0.25) is 9.59 Å². The molecule has 0 unspecified atom stereocenters. The van der Waals surface area contributed by atoms with Crippen LogP contribution in [0.25, 0.3) is 0 Å². The van der Waals surface area contributed by atoms with Crippen molar-refractivity contribution in [3.05, 3.63) is 59.4 Å². The quantitative estimate of drug-likeness (QED) is 0.769. The highest BCUT2D eigenvalue weighted by Crippen LogP contribution is 2.23. The second-order valence-corrected chi connectivity index (χ2v) is 5.90. The largest absolute Gasteiger partial charge is 0.313 e. The predicted molar refractivity (Wildman–Crippen MR) is 98.5 cm³/mol. The maximum atomic E-state index is 13.3. The van der Waals surface area contributed by atoms with Crippen molar-refractivity contribution < 1.29 is 14.0 Å². The van der Waals surface area contributed by atoms with Crippen LogP contribution in [0.2, 0.25) is 5.02 Å². The van der Waals surface area contributed by atoms with Crippen molar-refractivity contribution in [2.45, 2.75) is 20.3 Å². The van der Waals surface area contributed by atoms with E-state index in [2.05, 4.69) is 0 Å². The number of hydrogen-bond donors (Lipinski definition) is 0. The second kappa shape index (κ2) is 8.62. The number of benzene rings is 2. The third kappa shape index (κ3) is 4.79. The number of nitrogens with zero attached hydrogens (tertiary/aromatic N) is 2. The molecule has 2 aromatic rings. The van der Waals surface area contributed by atoms with Crippen LogP contribution in [-0.2, 0) is 9.59 Å². The summed E-state index contributed by atoms with van der Waals surface area (Å²) in [6.07, 6.45) is 0.150. The average molecular weight is 363 g/mol. The standard InChI is InChI=1S/C19H20ClFN2O2/c1-3-22(15-7-5-4-6-8-15)19(25)11-12-23(14(2)24)16-9-10-18(21)17(20)13-16/h4-10,13H,3,11-12H2,1-2H3. The molecule has 0 aliphatic heterocycles. The molecule has 0 N–H and O–H groups in total. The van der Waals surface area contributed by atoms with Crippen molar-refractivity contribution in [2.75, 3.05) is 22.9 Å². The SMILES string of the molecule is CCN(C(=O)CCN(C(C)=O)c1ccc(F)c(Cl)c1)c1ccccc1. The van der Waals surface area contributed by atoms with Gasteiger partial charge in [0.1, 0.15) is 5.82 Å². The lowest BCUT2D eigenvalue weighted by molar-refractivity contribution is -0.118. The molecule has 0 atom stereocenters. The number of amides is 2. The topological polar surface area (TPSA) is 40.6 Å². The number of carbonyl (C=O) groups is 2. The minimum absolute atomic E-state index is 0.0606. The van der Waals surface area contributed by atoms with E-state index >= 15 is 0 Å². The summed E-state index contributed by atoms with van der Waals surface area (Å²) in [7, 11) is 0. The molecule has 2 aromatic carbocycles. The fourth-order valence-corrected chi connectivity index (χ4v) is 2.75. The minimum Gasteiger partial charge on any atom is -0.313 e. The molecule has 0 spiro atoms. The summed E-state index contributed by atoms with van der Waals surface area (Å²) in [5, 5.41) is -0.0606. The van der Waals surface area contributed by atoms with Gasteiger partial charge in [-0.2, -0.15) is 0 Å². The van der Waals surface area contributed by atoms with Crippen LogP contribution in [0.4, 0.5) is 15.8 Å². The van der Waals surface area contributed by atoms with Gasteiger partial charge in [0, 0.05) is 37.8 Å². The lowest BCUT2D eigenvalue weighted by atomic mass is 10.2. The molecule has 0 radical (unpaired) electrons. The van der Waals surface area contributed by atoms with Gasteiger partial charge in [-0.1, -0.05) is 29.8 Å². The highest BCUT2D eigenvalue weighted by Gasteiger charge is 2.18. The third-order valence-corrected chi connectivity index (χ3v) is 4.12. The van der Waals surface area contributed by atoms with Crippen LogP contribution < -0.4 is 9.80 Å². The molecule has 4 nitrogen and oxygen atoms in total. The zero-order valence-corrected chi connectivity index (χ0v) is 15.0. The summed E-state index contributed by atoms with van der Waals surface area (Å²) < 4.78 is 13.3. The Morgan fingerprint density at radius 3 is 2.28 bits per heavy atom. The van der Waals surface area contributed by atoms with Crippen LogP contribution in [0.3, 0.4) is 0 Å². The summed E-state index contributed by atoms with van der Waals surface area (Å²) in [4.78, 5) is 27.6. The maximum absolute atomic E-state index is 13.3. The zero-order chi connectivity index (χ0) is 18.4. The summed E-state index contributed by atoms with van der Waals surface area (Å²) in [6, 6.07) is 13.4. The number of anilines is 2. The van der Waals surface area contributed by atoms with Crippen LogP contribution in [0.5, 0.6) is 0 Å². The Bertz CT molecular complexity index is 752. The van der Waals surface area contributed by atoms with E-state index in [4.69, 9.17) is 11.6 Å². The molecule has 0 saturated carbocycles. The minimum atomic E-state index is -0.550. The summed E-state index contributed by atoms with van der Waals surface area (Å²) >= 11 is 5.79. The molecule has 2 rings (SSSR count). The Kier molecular flexibility index (Phi) is 6.53. The normalized spacial score (nSPS) is 10.4. The highest BCUT2D eigenvalue weighted by atomic mass is 35.5. The van der Waals surface area contributed by atoms with Crippen molar-refractivity contribution in [1.29, 1.82) is 0 Å². The van der Waals surface area contributed by atoms with Gasteiger partial charge in [-0.25, -0.2) is 4.39 Å². The molecule has 25 heavy (non-hydrogen) atoms. The van der Waals surface area contributed by atoms with E-state index in [9.17, 15) is 14.0 Å². The molecule has 132 valence electrons. The molecule has 0 fully saturated rings. The Balaban J connectivity index is 2.11. The Morgan fingerprint density at radius 2 is 1.72 bits per heavy atom. The molecule has 0 aliphatic rings. The predicted octanol–water partition coefficient (Wildman–Crippen LogP) is 4.28. The fourth-order valence-electron chi connectivity index (χ4n) is 2.57. The molecule has 0 heterocycles. The number of halogens is 2. The molecule has 0 aliphatic carbocycles. The lowest BCUT2D eigenvalue weighted by Crippen LogP contribution is -2.36. The molecule has 0 aromatic heterocycles. The van der Waals surface area contributed by atoms with Gasteiger partial charge in [-0.05, 0) is 37.3 Å². The Labute approximate surface area is 151 Å². The van der Waals surface area contributed by atoms with E-state index in [1.165, 1.54) is 30.0 Å². The number of rotatable bonds is 6. The molecule has 6 heteroatoms. The average Bonchev–Trinajstić information content (AvgIpc) is 2.59. The van der Waals surface area contributed by atoms with Crippen LogP contribution in [0, 0.1) is 5.82 Å². The first kappa shape index (κ1) is 18.9. The van der Waals surface area contributed by atoms with Crippen molar-refractivity contribution in [1.82, 2.24) is 0 Å². The molecular formula is C19H20ClFN2O2. The zero-order valence-electron chi connectivity index (χ0n) is 14.2. The first-order chi connectivity index (χ1) is 11.9. The second-order valence-electron chi connectivity index (χ2n) is 5.49. The lowest BCUT2D eigenvalue weighted by Gasteiger charge is -2.25. The van der Waals surface area contributed by atoms with Crippen molar-refractivity contribution in [2.24, 2.45) is 0 Å². The third-order valence-electron chi connectivity index (χ3n) is 3.83. The summed E-state index contributed by atoms with van der Waals surface area (Å²) in [6.45, 7) is 4.02. The van der Waals surface area contributed by atoms with E-state index in [0.717, 1.165) is 5.69 Å². The van der Waals surface area contributed by atoms with Gasteiger partial charge in [0.25, 0.3) is 0 Å². The van der Waals surface area contributed by atoms with Gasteiger partial charge < -0.3 is 9.80 Å². The Morgan fingerprint density at radius 1 is 1.04 bits per heavy atom. The van der Waals surface area contributed by atoms with Gasteiger partial charge >= 0.3 is 0 Å². The summed E-state index contributed by atoms with van der Waals surface area (Å²) in [5.41, 5.74) is 1.28. The van der Waals surface area contributed by atoms with E-state index in [1.807, 2.05) is 37.3 Å². The van der Waals surface area contributed by atoms with Crippen LogP contribution in [0.15, 0.2) is 48.5 Å². The van der Waals surface area contributed by atoms with Gasteiger partial charge in [0.05, 0.1) is 5.02 Å². The van der Waals surface area contributed by atoms with Crippen LogP contribution in [-0.4, -0.2) is 24.9 Å². The monoisotopic (exact) mass is 362 g/mol. The Hall–Kier alpha value is -2.40. The fraction of sp³-hybridized carbons (Fsp3) is 0.263. The van der Waals surface area contributed by atoms with Crippen LogP contribution in [0.1, 0.15) is 20.3 Å². The van der Waals surface area contributed by atoms with Gasteiger partial charge in [0.2, 0.25) is 11.8 Å². The van der Waals surface area contributed by atoms with E-state index in [0.29, 0.717) is 12.2 Å². The van der Waals surface area contributed by atoms with Gasteiger partial charge in [-0.15, -0.1) is 0 Å². The van der Waals surface area contributed by atoms with Crippen molar-refractivity contribution in [3.8, 4) is 0 Å². The van der Waals surface area contributed by atoms with E-state index < -0.39 is 5.82 Å². The van der Waals surface area contributed by atoms with Crippen molar-refractivity contribution in [3.63, 3.8) is 0 Å². The molecule has 2 amide bonds. The summed E-state index contributed by atoms with van der Waals surface area (Å²) in [5.74, 6) is -0.877. The number of hydrogen-bond acceptors (Lipinski definition) is 2. The molecule has 0 saturated heterocycles. The molecular weight excluding hydrogens is 343 g/mol. The van der Waals surface area contributed by atoms with Gasteiger partial charge in [0.15, 0.2) is 0 Å². The van der Waals surface area contributed by atoms with E-state index in [-0.39, 0.29) is 29.8 Å². The van der Waals surface area contributed by atoms with E-state index in [1.54, 1.807) is 4.90 Å². The number of para-hydroxylation sites is 1. The molecule has 0 bridgehead atoms. The maximum Gasteiger partial charge on any atom is 0.228 e.